The minimum absolute atomic E-state index is 0.146. The van der Waals surface area contributed by atoms with Crippen molar-refractivity contribution >= 4 is 23.2 Å². The summed E-state index contributed by atoms with van der Waals surface area (Å²) in [5, 5.41) is 5.55. The average molecular weight is 456 g/mol. The predicted octanol–water partition coefficient (Wildman–Crippen LogP) is 3.77. The lowest BCUT2D eigenvalue weighted by molar-refractivity contribution is 0.0753. The summed E-state index contributed by atoms with van der Waals surface area (Å²) in [7, 11) is 2.00. The van der Waals surface area contributed by atoms with Crippen molar-refractivity contribution in [3.05, 3.63) is 46.2 Å². The van der Waals surface area contributed by atoms with Gasteiger partial charge in [0.1, 0.15) is 0 Å². The van der Waals surface area contributed by atoms with Crippen LogP contribution in [0.5, 0.6) is 0 Å². The monoisotopic (exact) mass is 455 g/mol. The molecule has 1 aromatic carbocycles. The van der Waals surface area contributed by atoms with Crippen molar-refractivity contribution in [1.82, 2.24) is 19.6 Å². The molecule has 3 aliphatic rings. The minimum atomic E-state index is 0.146. The van der Waals surface area contributed by atoms with E-state index in [1.807, 2.05) is 28.8 Å². The molecule has 2 saturated heterocycles. The Bertz CT molecular complexity index is 957. The van der Waals surface area contributed by atoms with Gasteiger partial charge in [-0.25, -0.2) is 0 Å². The van der Waals surface area contributed by atoms with Gasteiger partial charge in [0.2, 0.25) is 0 Å². The Hall–Kier alpha value is -2.05. The molecule has 2 aliphatic heterocycles. The topological polar surface area (TPSA) is 44.6 Å². The molecule has 1 amide bonds. The molecule has 7 heteroatoms. The molecule has 0 spiro atoms. The van der Waals surface area contributed by atoms with Crippen LogP contribution in [0.15, 0.2) is 24.3 Å². The first kappa shape index (κ1) is 21.8. The Kier molecular flexibility index (Phi) is 6.42. The number of nitrogens with zero attached hydrogens (tertiary/aromatic N) is 5. The van der Waals surface area contributed by atoms with Crippen LogP contribution in [-0.4, -0.2) is 70.8 Å². The normalized spacial score (nSPS) is 22.5. The van der Waals surface area contributed by atoms with E-state index in [1.54, 1.807) is 0 Å². The zero-order valence-electron chi connectivity index (χ0n) is 19.1. The number of hydrogen-bond acceptors (Lipinski definition) is 4. The summed E-state index contributed by atoms with van der Waals surface area (Å²) in [4.78, 5) is 20.4. The molecule has 0 N–H and O–H groups in total. The summed E-state index contributed by atoms with van der Waals surface area (Å²) in [6.45, 7) is 5.77. The van der Waals surface area contributed by atoms with Gasteiger partial charge in [-0.15, -0.1) is 0 Å². The van der Waals surface area contributed by atoms with Crippen LogP contribution in [0.25, 0.3) is 0 Å². The van der Waals surface area contributed by atoms with Crippen LogP contribution in [0.3, 0.4) is 0 Å². The quantitative estimate of drug-likeness (QED) is 0.706. The first-order chi connectivity index (χ1) is 15.6. The first-order valence-corrected chi connectivity index (χ1v) is 12.6. The van der Waals surface area contributed by atoms with Crippen LogP contribution in [0.4, 0.5) is 5.69 Å². The smallest absolute Gasteiger partial charge is 0.274 e. The fourth-order valence-electron chi connectivity index (χ4n) is 5.71. The number of aromatic nitrogens is 2. The van der Waals surface area contributed by atoms with Crippen LogP contribution in [-0.2, 0) is 19.9 Å². The summed E-state index contributed by atoms with van der Waals surface area (Å²) in [5.41, 5.74) is 4.31. The van der Waals surface area contributed by atoms with E-state index in [2.05, 4.69) is 21.9 Å². The van der Waals surface area contributed by atoms with Gasteiger partial charge in [-0.2, -0.15) is 5.10 Å². The Balaban J connectivity index is 1.28. The number of para-hydroxylation sites is 1. The third kappa shape index (κ3) is 4.27. The van der Waals surface area contributed by atoms with E-state index in [0.29, 0.717) is 11.7 Å². The van der Waals surface area contributed by atoms with Gasteiger partial charge in [-0.3, -0.25) is 14.4 Å². The van der Waals surface area contributed by atoms with Gasteiger partial charge >= 0.3 is 0 Å². The molecule has 2 aromatic rings. The first-order valence-electron chi connectivity index (χ1n) is 12.2. The molecule has 2 fully saturated rings. The molecule has 6 nitrogen and oxygen atoms in total. The number of carbonyl (C=O) groups excluding carboxylic acids is 1. The van der Waals surface area contributed by atoms with E-state index in [1.165, 1.54) is 24.1 Å². The van der Waals surface area contributed by atoms with Gasteiger partial charge in [0.15, 0.2) is 5.69 Å². The summed E-state index contributed by atoms with van der Waals surface area (Å²) >= 11 is 6.42. The fraction of sp³-hybridized carbons (Fsp3) is 0.600. The zero-order chi connectivity index (χ0) is 22.1. The fourth-order valence-corrected chi connectivity index (χ4v) is 5.97. The summed E-state index contributed by atoms with van der Waals surface area (Å²) in [5.74, 6) is 0.146. The zero-order valence-corrected chi connectivity index (χ0v) is 19.9. The molecule has 32 heavy (non-hydrogen) atoms. The SMILES string of the molecule is Cn1nc(C(=O)N2CCCCCC2)c2c1CCC(N1CCN(c3ccccc3Cl)CC1)C2. The summed E-state index contributed by atoms with van der Waals surface area (Å²) in [6.07, 6.45) is 7.75. The second kappa shape index (κ2) is 9.44. The number of aryl methyl sites for hydroxylation is 1. The molecule has 3 heterocycles. The molecule has 1 aliphatic carbocycles. The maximum Gasteiger partial charge on any atom is 0.274 e. The van der Waals surface area contributed by atoms with E-state index < -0.39 is 0 Å². The molecule has 172 valence electrons. The highest BCUT2D eigenvalue weighted by Crippen LogP contribution is 2.31. The minimum Gasteiger partial charge on any atom is -0.368 e. The van der Waals surface area contributed by atoms with Crippen molar-refractivity contribution in [3.8, 4) is 0 Å². The van der Waals surface area contributed by atoms with Crippen molar-refractivity contribution < 1.29 is 4.79 Å². The van der Waals surface area contributed by atoms with Crippen molar-refractivity contribution in [2.75, 3.05) is 44.2 Å². The molecule has 1 atom stereocenters. The second-order valence-electron chi connectivity index (χ2n) is 9.47. The highest BCUT2D eigenvalue weighted by atomic mass is 35.5. The van der Waals surface area contributed by atoms with Crippen molar-refractivity contribution in [1.29, 1.82) is 0 Å². The van der Waals surface area contributed by atoms with Crippen LogP contribution in [0.1, 0.15) is 53.8 Å². The number of rotatable bonds is 3. The van der Waals surface area contributed by atoms with Gasteiger partial charge in [0.05, 0.1) is 10.7 Å². The second-order valence-corrected chi connectivity index (χ2v) is 9.88. The maximum absolute atomic E-state index is 13.4. The lowest BCUT2D eigenvalue weighted by Crippen LogP contribution is -2.52. The molecular formula is C25H34ClN5O. The van der Waals surface area contributed by atoms with Crippen molar-refractivity contribution in [2.24, 2.45) is 7.05 Å². The van der Waals surface area contributed by atoms with E-state index in [0.717, 1.165) is 82.1 Å². The maximum atomic E-state index is 13.4. The van der Waals surface area contributed by atoms with Gasteiger partial charge in [0, 0.05) is 63.6 Å². The number of piperazine rings is 1. The Morgan fingerprint density at radius 1 is 1.00 bits per heavy atom. The highest BCUT2D eigenvalue weighted by Gasteiger charge is 2.34. The molecule has 1 unspecified atom stereocenters. The molecule has 0 radical (unpaired) electrons. The lowest BCUT2D eigenvalue weighted by Gasteiger charge is -2.41. The lowest BCUT2D eigenvalue weighted by atomic mass is 9.89. The number of benzene rings is 1. The van der Waals surface area contributed by atoms with E-state index in [9.17, 15) is 4.79 Å². The van der Waals surface area contributed by atoms with Crippen LogP contribution in [0.2, 0.25) is 5.02 Å². The van der Waals surface area contributed by atoms with Gasteiger partial charge < -0.3 is 9.80 Å². The molecule has 5 rings (SSSR count). The Morgan fingerprint density at radius 3 is 2.44 bits per heavy atom. The summed E-state index contributed by atoms with van der Waals surface area (Å²) < 4.78 is 1.96. The highest BCUT2D eigenvalue weighted by molar-refractivity contribution is 6.33. The number of hydrogen-bond donors (Lipinski definition) is 0. The number of carbonyl (C=O) groups is 1. The van der Waals surface area contributed by atoms with Gasteiger partial charge in [-0.1, -0.05) is 36.6 Å². The number of amides is 1. The molecule has 0 bridgehead atoms. The van der Waals surface area contributed by atoms with Crippen molar-refractivity contribution in [3.63, 3.8) is 0 Å². The number of fused-ring (bicyclic) bond motifs is 1. The standard InChI is InChI=1S/C25H34ClN5O/c1-28-22-11-10-19(29-14-16-30(17-15-29)23-9-5-4-8-21(23)26)18-20(22)24(27-28)25(32)31-12-6-2-3-7-13-31/h4-5,8-9,19H,2-3,6-7,10-18H2,1H3. The third-order valence-corrected chi connectivity index (χ3v) is 7.87. The predicted molar refractivity (Wildman–Crippen MR) is 129 cm³/mol. The van der Waals surface area contributed by atoms with Gasteiger partial charge in [0.25, 0.3) is 5.91 Å². The number of halogens is 1. The largest absolute Gasteiger partial charge is 0.368 e. The number of anilines is 1. The molecule has 1 aromatic heterocycles. The number of likely N-dealkylation sites (tertiary alicyclic amines) is 1. The Morgan fingerprint density at radius 2 is 1.72 bits per heavy atom. The third-order valence-electron chi connectivity index (χ3n) is 7.55. The summed E-state index contributed by atoms with van der Waals surface area (Å²) in [6, 6.07) is 8.61. The van der Waals surface area contributed by atoms with Crippen molar-refractivity contribution in [2.45, 2.75) is 51.0 Å². The van der Waals surface area contributed by atoms with E-state index >= 15 is 0 Å². The molecular weight excluding hydrogens is 422 g/mol. The van der Waals surface area contributed by atoms with Crippen LogP contribution in [0, 0.1) is 0 Å². The van der Waals surface area contributed by atoms with Gasteiger partial charge in [-0.05, 0) is 44.2 Å². The van der Waals surface area contributed by atoms with Crippen LogP contribution < -0.4 is 4.90 Å². The Labute approximate surface area is 196 Å². The van der Waals surface area contributed by atoms with Crippen LogP contribution >= 0.6 is 11.6 Å². The molecule has 0 saturated carbocycles. The average Bonchev–Trinajstić information content (AvgIpc) is 2.98. The van der Waals surface area contributed by atoms with E-state index in [-0.39, 0.29) is 5.91 Å². The van der Waals surface area contributed by atoms with E-state index in [4.69, 9.17) is 16.7 Å².